The monoisotopic (exact) mass is 288 g/mol. The first-order chi connectivity index (χ1) is 8.53. The van der Waals surface area contributed by atoms with E-state index < -0.39 is 10.0 Å². The molecule has 0 amide bonds. The van der Waals surface area contributed by atoms with E-state index in [2.05, 4.69) is 17.0 Å². The Bertz CT molecular complexity index is 504. The summed E-state index contributed by atoms with van der Waals surface area (Å²) >= 11 is 1.47. The molecule has 2 rings (SSSR count). The quantitative estimate of drug-likeness (QED) is 0.806. The van der Waals surface area contributed by atoms with E-state index in [4.69, 9.17) is 0 Å². The molecule has 0 bridgehead atoms. The third-order valence-corrected chi connectivity index (χ3v) is 6.21. The fourth-order valence-corrected chi connectivity index (χ4v) is 4.63. The van der Waals surface area contributed by atoms with E-state index >= 15 is 0 Å². The molecule has 0 atom stereocenters. The van der Waals surface area contributed by atoms with Gasteiger partial charge in [0.05, 0.1) is 4.90 Å². The van der Waals surface area contributed by atoms with E-state index in [1.807, 2.05) is 12.4 Å². The van der Waals surface area contributed by atoms with Gasteiger partial charge in [0.25, 0.3) is 0 Å². The summed E-state index contributed by atoms with van der Waals surface area (Å²) in [5, 5.41) is 4.82. The van der Waals surface area contributed by atoms with Crippen molar-refractivity contribution in [2.24, 2.45) is 5.41 Å². The molecule has 0 saturated heterocycles. The Labute approximate surface area is 113 Å². The minimum Gasteiger partial charge on any atom is -0.315 e. The summed E-state index contributed by atoms with van der Waals surface area (Å²) in [4.78, 5) is 1.29. The Balaban J connectivity index is 2.08. The van der Waals surface area contributed by atoms with Gasteiger partial charge in [0.15, 0.2) is 0 Å². The largest absolute Gasteiger partial charge is 0.315 e. The highest BCUT2D eigenvalue weighted by molar-refractivity contribution is 7.89. The van der Waals surface area contributed by atoms with E-state index in [9.17, 15) is 8.42 Å². The van der Waals surface area contributed by atoms with E-state index in [0.29, 0.717) is 18.0 Å². The summed E-state index contributed by atoms with van der Waals surface area (Å²) in [5.74, 6) is 0. The van der Waals surface area contributed by atoms with E-state index in [0.717, 1.165) is 24.1 Å². The number of hydrogen-bond acceptors (Lipinski definition) is 4. The van der Waals surface area contributed by atoms with Gasteiger partial charge in [-0.2, -0.15) is 0 Å². The molecule has 1 aromatic heterocycles. The minimum absolute atomic E-state index is 0.228. The van der Waals surface area contributed by atoms with Gasteiger partial charge in [0.2, 0.25) is 10.0 Å². The van der Waals surface area contributed by atoms with Gasteiger partial charge in [-0.1, -0.05) is 6.92 Å². The highest BCUT2D eigenvalue weighted by Crippen LogP contribution is 2.48. The van der Waals surface area contributed by atoms with E-state index in [1.165, 1.54) is 11.3 Å². The van der Waals surface area contributed by atoms with Crippen LogP contribution in [-0.4, -0.2) is 22.0 Å². The van der Waals surface area contributed by atoms with Crippen molar-refractivity contribution in [3.8, 4) is 0 Å². The SMILES string of the molecule is CCC1(CNS(=O)(=O)c2ccsc2CNC)CC1. The predicted octanol–water partition coefficient (Wildman–Crippen LogP) is 1.94. The standard InChI is InChI=1S/C12H20N2O2S2/c1-3-12(5-6-12)9-14-18(15,16)11-4-7-17-10(11)8-13-2/h4,7,13-14H,3,5-6,8-9H2,1-2H3. The highest BCUT2D eigenvalue weighted by Gasteiger charge is 2.41. The molecule has 4 nitrogen and oxygen atoms in total. The van der Waals surface area contributed by atoms with Gasteiger partial charge in [-0.3, -0.25) is 0 Å². The first-order valence-corrected chi connectivity index (χ1v) is 8.60. The zero-order valence-electron chi connectivity index (χ0n) is 10.8. The van der Waals surface area contributed by atoms with Crippen LogP contribution in [0, 0.1) is 5.41 Å². The third kappa shape index (κ3) is 2.93. The third-order valence-electron chi connectivity index (χ3n) is 3.68. The van der Waals surface area contributed by atoms with Crippen LogP contribution in [0.2, 0.25) is 0 Å². The molecule has 1 aliphatic carbocycles. The Morgan fingerprint density at radius 1 is 1.44 bits per heavy atom. The first-order valence-electron chi connectivity index (χ1n) is 6.24. The zero-order valence-corrected chi connectivity index (χ0v) is 12.5. The maximum atomic E-state index is 12.2. The molecule has 1 saturated carbocycles. The molecule has 1 heterocycles. The Kier molecular flexibility index (Phi) is 4.11. The lowest BCUT2D eigenvalue weighted by Gasteiger charge is -2.14. The smallest absolute Gasteiger partial charge is 0.241 e. The first kappa shape index (κ1) is 14.0. The van der Waals surface area contributed by atoms with Crippen LogP contribution in [0.3, 0.4) is 0 Å². The lowest BCUT2D eigenvalue weighted by Crippen LogP contribution is -2.30. The van der Waals surface area contributed by atoms with Gasteiger partial charge in [0, 0.05) is 18.0 Å². The molecular formula is C12H20N2O2S2. The van der Waals surface area contributed by atoms with Crippen molar-refractivity contribution in [3.63, 3.8) is 0 Å². The molecular weight excluding hydrogens is 268 g/mol. The van der Waals surface area contributed by atoms with Crippen LogP contribution in [0.4, 0.5) is 0 Å². The van der Waals surface area contributed by atoms with Crippen LogP contribution in [0.1, 0.15) is 31.1 Å². The van der Waals surface area contributed by atoms with Crippen molar-refractivity contribution < 1.29 is 8.42 Å². The van der Waals surface area contributed by atoms with Crippen molar-refractivity contribution in [2.45, 2.75) is 37.6 Å². The fraction of sp³-hybridized carbons (Fsp3) is 0.667. The molecule has 0 spiro atoms. The molecule has 102 valence electrons. The summed E-state index contributed by atoms with van der Waals surface area (Å²) in [7, 11) is -1.53. The number of rotatable bonds is 7. The Hall–Kier alpha value is -0.430. The predicted molar refractivity (Wildman–Crippen MR) is 74.2 cm³/mol. The Morgan fingerprint density at radius 2 is 2.17 bits per heavy atom. The van der Waals surface area contributed by atoms with Gasteiger partial charge in [-0.05, 0) is 43.2 Å². The van der Waals surface area contributed by atoms with Gasteiger partial charge < -0.3 is 5.32 Å². The van der Waals surface area contributed by atoms with Crippen molar-refractivity contribution in [2.75, 3.05) is 13.6 Å². The van der Waals surface area contributed by atoms with Crippen LogP contribution in [0.25, 0.3) is 0 Å². The van der Waals surface area contributed by atoms with Crippen LogP contribution < -0.4 is 10.0 Å². The summed E-state index contributed by atoms with van der Waals surface area (Å²) in [6.07, 6.45) is 3.32. The molecule has 0 aromatic carbocycles. The van der Waals surface area contributed by atoms with E-state index in [1.54, 1.807) is 6.07 Å². The van der Waals surface area contributed by atoms with Crippen molar-refractivity contribution in [3.05, 3.63) is 16.3 Å². The molecule has 1 aromatic rings. The molecule has 0 unspecified atom stereocenters. The Morgan fingerprint density at radius 3 is 2.72 bits per heavy atom. The number of sulfonamides is 1. The lowest BCUT2D eigenvalue weighted by atomic mass is 10.1. The van der Waals surface area contributed by atoms with Crippen molar-refractivity contribution >= 4 is 21.4 Å². The van der Waals surface area contributed by atoms with Gasteiger partial charge >= 0.3 is 0 Å². The van der Waals surface area contributed by atoms with Crippen molar-refractivity contribution in [1.29, 1.82) is 0 Å². The summed E-state index contributed by atoms with van der Waals surface area (Å²) in [6, 6.07) is 1.69. The second kappa shape index (κ2) is 5.28. The van der Waals surface area contributed by atoms with Crippen LogP contribution in [0.15, 0.2) is 16.3 Å². The highest BCUT2D eigenvalue weighted by atomic mass is 32.2. The average Bonchev–Trinajstić information content (AvgIpc) is 2.98. The van der Waals surface area contributed by atoms with Gasteiger partial charge in [-0.25, -0.2) is 13.1 Å². The molecule has 6 heteroatoms. The topological polar surface area (TPSA) is 58.2 Å². The van der Waals surface area contributed by atoms with Gasteiger partial charge in [0.1, 0.15) is 0 Å². The molecule has 1 aliphatic rings. The number of nitrogens with one attached hydrogen (secondary N) is 2. The van der Waals surface area contributed by atoms with Crippen LogP contribution >= 0.6 is 11.3 Å². The molecule has 0 radical (unpaired) electrons. The fourth-order valence-electron chi connectivity index (χ4n) is 2.02. The number of hydrogen-bond donors (Lipinski definition) is 2. The van der Waals surface area contributed by atoms with Gasteiger partial charge in [-0.15, -0.1) is 11.3 Å². The second-order valence-electron chi connectivity index (χ2n) is 4.92. The molecule has 0 aliphatic heterocycles. The molecule has 2 N–H and O–H groups in total. The summed E-state index contributed by atoms with van der Waals surface area (Å²) in [6.45, 7) is 3.28. The lowest BCUT2D eigenvalue weighted by molar-refractivity contribution is 0.475. The number of thiophene rings is 1. The second-order valence-corrected chi connectivity index (χ2v) is 7.65. The maximum Gasteiger partial charge on any atom is 0.241 e. The summed E-state index contributed by atoms with van der Waals surface area (Å²) in [5.41, 5.74) is 0.228. The zero-order chi connectivity index (χ0) is 13.2. The summed E-state index contributed by atoms with van der Waals surface area (Å²) < 4.78 is 27.3. The maximum absolute atomic E-state index is 12.2. The molecule has 18 heavy (non-hydrogen) atoms. The van der Waals surface area contributed by atoms with Crippen molar-refractivity contribution in [1.82, 2.24) is 10.0 Å². The minimum atomic E-state index is -3.35. The average molecular weight is 288 g/mol. The van der Waals surface area contributed by atoms with Crippen LogP contribution in [-0.2, 0) is 16.6 Å². The normalized spacial score (nSPS) is 17.9. The van der Waals surface area contributed by atoms with E-state index in [-0.39, 0.29) is 5.41 Å². The molecule has 1 fully saturated rings. The van der Waals surface area contributed by atoms with Crippen LogP contribution in [0.5, 0.6) is 0 Å².